The topological polar surface area (TPSA) is 79.4 Å². The highest BCUT2D eigenvalue weighted by Gasteiger charge is 2.20. The van der Waals surface area contributed by atoms with E-state index in [4.69, 9.17) is 14.0 Å². The summed E-state index contributed by atoms with van der Waals surface area (Å²) in [5.74, 6) is 2.20. The van der Waals surface area contributed by atoms with Gasteiger partial charge in [0, 0.05) is 46.9 Å². The van der Waals surface area contributed by atoms with Crippen LogP contribution in [0.1, 0.15) is 52.7 Å². The lowest BCUT2D eigenvalue weighted by Gasteiger charge is -2.10. The number of carbonyl (C=O) groups is 1. The summed E-state index contributed by atoms with van der Waals surface area (Å²) in [5, 5.41) is 7.38. The molecule has 0 aliphatic heterocycles. The second-order valence-corrected chi connectivity index (χ2v) is 11.0. The van der Waals surface area contributed by atoms with E-state index in [0.717, 1.165) is 43.6 Å². The van der Waals surface area contributed by atoms with Gasteiger partial charge in [-0.2, -0.15) is 0 Å². The number of methoxy groups -OCH3 is 1. The second-order valence-electron chi connectivity index (χ2n) is 8.86. The third-order valence-corrected chi connectivity index (χ3v) is 7.97. The zero-order chi connectivity index (χ0) is 25.8. The van der Waals surface area contributed by atoms with E-state index in [9.17, 15) is 4.79 Å². The summed E-state index contributed by atoms with van der Waals surface area (Å²) in [7, 11) is 1.39. The molecule has 7 nitrogen and oxygen atoms in total. The summed E-state index contributed by atoms with van der Waals surface area (Å²) in [4.78, 5) is 16.2. The van der Waals surface area contributed by atoms with Crippen molar-refractivity contribution in [2.24, 2.45) is 0 Å². The maximum Gasteiger partial charge on any atom is 0.337 e. The third-order valence-electron chi connectivity index (χ3n) is 5.99. The third kappa shape index (κ3) is 5.73. The van der Waals surface area contributed by atoms with E-state index in [2.05, 4.69) is 40.7 Å². The molecule has 5 aromatic rings. The van der Waals surface area contributed by atoms with Crippen molar-refractivity contribution in [3.05, 3.63) is 94.4 Å². The highest BCUT2D eigenvalue weighted by molar-refractivity contribution is 8.00. The monoisotopic (exact) mass is 533 g/mol. The number of fused-ring (bicyclic) bond motifs is 1. The van der Waals surface area contributed by atoms with Crippen LogP contribution in [0.15, 0.2) is 75.2 Å². The molecule has 0 aliphatic rings. The van der Waals surface area contributed by atoms with Gasteiger partial charge in [-0.3, -0.25) is 0 Å². The summed E-state index contributed by atoms with van der Waals surface area (Å²) >= 11 is 3.27. The number of nitrogens with zero attached hydrogens (tertiary/aromatic N) is 3. The molecular formula is C28H27N3O4S2. The number of rotatable bonds is 10. The van der Waals surface area contributed by atoms with Gasteiger partial charge in [-0.1, -0.05) is 42.9 Å². The molecule has 5 rings (SSSR count). The number of hydrogen-bond donors (Lipinski definition) is 0. The van der Waals surface area contributed by atoms with Gasteiger partial charge in [0.1, 0.15) is 28.2 Å². The molecule has 0 radical (unpaired) electrons. The van der Waals surface area contributed by atoms with Crippen molar-refractivity contribution < 1.29 is 18.8 Å². The predicted molar refractivity (Wildman–Crippen MR) is 145 cm³/mol. The SMILES string of the molecule is COC(=O)c1cccc(Cn2ccc3cc(OCc4c(CSc5nccs5)noc4C(C)C)ccc32)c1. The van der Waals surface area contributed by atoms with Crippen molar-refractivity contribution in [2.45, 2.75) is 43.0 Å². The number of thiazole rings is 1. The fourth-order valence-corrected chi connectivity index (χ4v) is 5.76. The van der Waals surface area contributed by atoms with Gasteiger partial charge in [-0.15, -0.1) is 11.3 Å². The second kappa shape index (κ2) is 11.2. The molecule has 0 saturated carbocycles. The number of esters is 1. The van der Waals surface area contributed by atoms with Crippen molar-refractivity contribution in [2.75, 3.05) is 7.11 Å². The first kappa shape index (κ1) is 25.1. The van der Waals surface area contributed by atoms with Crippen molar-refractivity contribution in [1.29, 1.82) is 0 Å². The molecule has 0 saturated heterocycles. The Kier molecular flexibility index (Phi) is 7.62. The van der Waals surface area contributed by atoms with Crippen LogP contribution in [-0.2, 0) is 23.6 Å². The molecule has 37 heavy (non-hydrogen) atoms. The maximum atomic E-state index is 11.9. The summed E-state index contributed by atoms with van der Waals surface area (Å²) < 4.78 is 19.9. The molecule has 0 bridgehead atoms. The van der Waals surface area contributed by atoms with Gasteiger partial charge >= 0.3 is 5.97 Å². The van der Waals surface area contributed by atoms with Gasteiger partial charge in [0.05, 0.1) is 18.2 Å². The van der Waals surface area contributed by atoms with E-state index in [-0.39, 0.29) is 11.9 Å². The summed E-state index contributed by atoms with van der Waals surface area (Å²) in [6, 6.07) is 15.7. The number of thioether (sulfide) groups is 1. The summed E-state index contributed by atoms with van der Waals surface area (Å²) in [5.41, 5.74) is 4.56. The van der Waals surface area contributed by atoms with Crippen LogP contribution in [0.5, 0.6) is 5.75 Å². The minimum atomic E-state index is -0.334. The van der Waals surface area contributed by atoms with E-state index < -0.39 is 0 Å². The Morgan fingerprint density at radius 3 is 2.86 bits per heavy atom. The molecule has 0 N–H and O–H groups in total. The Morgan fingerprint density at radius 1 is 1.19 bits per heavy atom. The molecule has 0 atom stereocenters. The first-order valence-corrected chi connectivity index (χ1v) is 13.8. The Balaban J connectivity index is 1.30. The summed E-state index contributed by atoms with van der Waals surface area (Å²) in [6.07, 6.45) is 3.85. The Bertz CT molecular complexity index is 1510. The van der Waals surface area contributed by atoms with Crippen LogP contribution in [0.3, 0.4) is 0 Å². The van der Waals surface area contributed by atoms with Crippen LogP contribution in [0.4, 0.5) is 0 Å². The molecule has 9 heteroatoms. The van der Waals surface area contributed by atoms with Gasteiger partial charge < -0.3 is 18.6 Å². The van der Waals surface area contributed by atoms with E-state index in [1.54, 1.807) is 29.2 Å². The van der Waals surface area contributed by atoms with Gasteiger partial charge in [0.2, 0.25) is 0 Å². The van der Waals surface area contributed by atoms with Crippen molar-refractivity contribution in [3.63, 3.8) is 0 Å². The van der Waals surface area contributed by atoms with Gasteiger partial charge in [-0.25, -0.2) is 9.78 Å². The minimum absolute atomic E-state index is 0.207. The number of hydrogen-bond acceptors (Lipinski definition) is 8. The molecule has 2 aromatic carbocycles. The molecule has 0 aliphatic carbocycles. The van der Waals surface area contributed by atoms with Crippen LogP contribution >= 0.6 is 23.1 Å². The van der Waals surface area contributed by atoms with Crippen LogP contribution in [-0.4, -0.2) is 27.8 Å². The highest BCUT2D eigenvalue weighted by atomic mass is 32.2. The molecule has 3 heterocycles. The standard InChI is InChI=1S/C28H27N3O4S2/c1-18(2)26-23(24(30-35-26)17-37-28-29-10-12-36-28)16-34-22-7-8-25-20(14-22)9-11-31(25)15-19-5-4-6-21(13-19)27(32)33-3/h4-14,18H,15-17H2,1-3H3. The van der Waals surface area contributed by atoms with E-state index >= 15 is 0 Å². The average Bonchev–Trinajstić information content (AvgIpc) is 3.66. The molecule has 0 amide bonds. The van der Waals surface area contributed by atoms with Crippen molar-refractivity contribution in [1.82, 2.24) is 14.7 Å². The molecule has 0 unspecified atom stereocenters. The fraction of sp³-hybridized carbons (Fsp3) is 0.250. The lowest BCUT2D eigenvalue weighted by molar-refractivity contribution is 0.0600. The first-order chi connectivity index (χ1) is 18.0. The zero-order valence-corrected chi connectivity index (χ0v) is 22.5. The Hall–Kier alpha value is -3.56. The molecule has 0 fully saturated rings. The van der Waals surface area contributed by atoms with Gasteiger partial charge in [0.15, 0.2) is 0 Å². The number of aromatic nitrogens is 3. The average molecular weight is 534 g/mol. The van der Waals surface area contributed by atoms with Crippen LogP contribution in [0.25, 0.3) is 10.9 Å². The van der Waals surface area contributed by atoms with E-state index in [1.165, 1.54) is 7.11 Å². The van der Waals surface area contributed by atoms with Crippen LogP contribution in [0, 0.1) is 0 Å². The summed E-state index contributed by atoms with van der Waals surface area (Å²) in [6.45, 7) is 5.22. The normalized spacial score (nSPS) is 11.4. The highest BCUT2D eigenvalue weighted by Crippen LogP contribution is 2.31. The zero-order valence-electron chi connectivity index (χ0n) is 20.8. The Morgan fingerprint density at radius 2 is 2.08 bits per heavy atom. The lowest BCUT2D eigenvalue weighted by atomic mass is 10.1. The van der Waals surface area contributed by atoms with Crippen LogP contribution < -0.4 is 4.74 Å². The largest absolute Gasteiger partial charge is 0.489 e. The molecular weight excluding hydrogens is 506 g/mol. The van der Waals surface area contributed by atoms with Crippen molar-refractivity contribution in [3.8, 4) is 5.75 Å². The number of benzene rings is 2. The molecule has 3 aromatic heterocycles. The fourth-order valence-electron chi connectivity index (χ4n) is 4.16. The lowest BCUT2D eigenvalue weighted by Crippen LogP contribution is -2.04. The Labute approximate surface area is 223 Å². The predicted octanol–water partition coefficient (Wildman–Crippen LogP) is 6.92. The molecule has 190 valence electrons. The number of carbonyl (C=O) groups excluding carboxylic acids is 1. The van der Waals surface area contributed by atoms with Crippen molar-refractivity contribution >= 4 is 40.0 Å². The van der Waals surface area contributed by atoms with E-state index in [0.29, 0.717) is 24.5 Å². The van der Waals surface area contributed by atoms with Gasteiger partial charge in [-0.05, 0) is 42.0 Å². The first-order valence-electron chi connectivity index (χ1n) is 11.9. The van der Waals surface area contributed by atoms with Crippen LogP contribution in [0.2, 0.25) is 0 Å². The quantitative estimate of drug-likeness (QED) is 0.142. The van der Waals surface area contributed by atoms with Gasteiger partial charge in [0.25, 0.3) is 0 Å². The minimum Gasteiger partial charge on any atom is -0.489 e. The number of ether oxygens (including phenoxy) is 2. The maximum absolute atomic E-state index is 11.9. The van der Waals surface area contributed by atoms with E-state index in [1.807, 2.05) is 48.1 Å². The molecule has 0 spiro atoms. The smallest absolute Gasteiger partial charge is 0.337 e.